The molecule has 1 N–H and O–H groups in total. The molecule has 0 aliphatic heterocycles. The number of hydrogen-bond donors (Lipinski definition) is 1. The van der Waals surface area contributed by atoms with E-state index < -0.39 is 10.8 Å². The molecule has 0 radical (unpaired) electrons. The molecule has 0 bridgehead atoms. The summed E-state index contributed by atoms with van der Waals surface area (Å²) in [6, 6.07) is 13.4. The first-order valence-corrected chi connectivity index (χ1v) is 7.75. The van der Waals surface area contributed by atoms with Crippen molar-refractivity contribution in [3.63, 3.8) is 0 Å². The molecule has 0 atom stereocenters. The summed E-state index contributed by atoms with van der Waals surface area (Å²) in [5.41, 5.74) is 4.44. The number of carbonyl (C=O) groups excluding carboxylic acids is 1. The number of amides is 1. The standard InChI is InChI=1S/C18H19N3O4/c1-13(2)15-5-3-14(4-6-15)11-19-20-18(22)12-25-17-9-7-16(8-10-17)21(23)24/h3-11,13H,12H2,1-2H3,(H,20,22)/b19-11+. The zero-order valence-corrected chi connectivity index (χ0v) is 14.0. The van der Waals surface area contributed by atoms with E-state index in [4.69, 9.17) is 4.74 Å². The molecule has 0 saturated heterocycles. The number of hydrazone groups is 1. The van der Waals surface area contributed by atoms with Crippen LogP contribution in [0, 0.1) is 10.1 Å². The van der Waals surface area contributed by atoms with Gasteiger partial charge >= 0.3 is 0 Å². The Balaban J connectivity index is 1.79. The van der Waals surface area contributed by atoms with Gasteiger partial charge in [0.15, 0.2) is 6.61 Å². The van der Waals surface area contributed by atoms with Crippen LogP contribution in [0.4, 0.5) is 5.69 Å². The lowest BCUT2D eigenvalue weighted by Crippen LogP contribution is -2.24. The van der Waals surface area contributed by atoms with Gasteiger partial charge in [0.25, 0.3) is 11.6 Å². The summed E-state index contributed by atoms with van der Waals surface area (Å²) in [5.74, 6) is 0.407. The summed E-state index contributed by atoms with van der Waals surface area (Å²) >= 11 is 0. The molecule has 25 heavy (non-hydrogen) atoms. The van der Waals surface area contributed by atoms with E-state index in [0.717, 1.165) is 5.56 Å². The third kappa shape index (κ3) is 5.72. The maximum absolute atomic E-state index is 11.7. The predicted molar refractivity (Wildman–Crippen MR) is 94.9 cm³/mol. The van der Waals surface area contributed by atoms with Crippen molar-refractivity contribution >= 4 is 17.8 Å². The number of nitrogens with one attached hydrogen (secondary N) is 1. The van der Waals surface area contributed by atoms with Crippen molar-refractivity contribution in [1.29, 1.82) is 0 Å². The van der Waals surface area contributed by atoms with Gasteiger partial charge in [0.2, 0.25) is 0 Å². The Bertz CT molecular complexity index is 753. The highest BCUT2D eigenvalue weighted by atomic mass is 16.6. The van der Waals surface area contributed by atoms with Crippen LogP contribution in [0.15, 0.2) is 53.6 Å². The fourth-order valence-corrected chi connectivity index (χ4v) is 1.99. The van der Waals surface area contributed by atoms with Crippen molar-refractivity contribution in [2.45, 2.75) is 19.8 Å². The van der Waals surface area contributed by atoms with Gasteiger partial charge in [-0.25, -0.2) is 5.43 Å². The second-order valence-electron chi connectivity index (χ2n) is 5.65. The van der Waals surface area contributed by atoms with E-state index in [9.17, 15) is 14.9 Å². The lowest BCUT2D eigenvalue weighted by molar-refractivity contribution is -0.384. The van der Waals surface area contributed by atoms with Crippen molar-refractivity contribution < 1.29 is 14.5 Å². The molecule has 2 aromatic rings. The van der Waals surface area contributed by atoms with Crippen molar-refractivity contribution in [3.8, 4) is 5.75 Å². The second-order valence-corrected chi connectivity index (χ2v) is 5.65. The second kappa shape index (κ2) is 8.58. The van der Waals surface area contributed by atoms with Crippen LogP contribution < -0.4 is 10.2 Å². The Morgan fingerprint density at radius 1 is 1.20 bits per heavy atom. The van der Waals surface area contributed by atoms with Gasteiger partial charge < -0.3 is 4.74 Å². The average Bonchev–Trinajstić information content (AvgIpc) is 2.60. The summed E-state index contributed by atoms with van der Waals surface area (Å²) < 4.78 is 5.24. The number of nitrogens with zero attached hydrogens (tertiary/aromatic N) is 2. The molecule has 2 aromatic carbocycles. The van der Waals surface area contributed by atoms with Gasteiger partial charge in [0.05, 0.1) is 11.1 Å². The quantitative estimate of drug-likeness (QED) is 0.475. The Kier molecular flexibility index (Phi) is 6.22. The van der Waals surface area contributed by atoms with Crippen LogP contribution in [0.3, 0.4) is 0 Å². The van der Waals surface area contributed by atoms with Gasteiger partial charge in [-0.1, -0.05) is 38.1 Å². The van der Waals surface area contributed by atoms with E-state index in [2.05, 4.69) is 24.4 Å². The molecule has 1 amide bonds. The number of rotatable bonds is 7. The Morgan fingerprint density at radius 2 is 1.84 bits per heavy atom. The number of non-ortho nitro benzene ring substituents is 1. The highest BCUT2D eigenvalue weighted by molar-refractivity contribution is 5.82. The fraction of sp³-hybridized carbons (Fsp3) is 0.222. The number of benzene rings is 2. The number of nitro benzene ring substituents is 1. The van der Waals surface area contributed by atoms with Crippen LogP contribution >= 0.6 is 0 Å². The number of nitro groups is 1. The topological polar surface area (TPSA) is 93.8 Å². The normalized spacial score (nSPS) is 10.8. The van der Waals surface area contributed by atoms with E-state index in [0.29, 0.717) is 11.7 Å². The van der Waals surface area contributed by atoms with Gasteiger partial charge in [-0.3, -0.25) is 14.9 Å². The van der Waals surface area contributed by atoms with Crippen LogP contribution in [0.25, 0.3) is 0 Å². The van der Waals surface area contributed by atoms with Gasteiger partial charge in [0, 0.05) is 12.1 Å². The summed E-state index contributed by atoms with van der Waals surface area (Å²) in [6.07, 6.45) is 1.55. The average molecular weight is 341 g/mol. The van der Waals surface area contributed by atoms with Crippen LogP contribution in [0.2, 0.25) is 0 Å². The molecule has 7 heteroatoms. The highest BCUT2D eigenvalue weighted by Gasteiger charge is 2.06. The van der Waals surface area contributed by atoms with Crippen molar-refractivity contribution in [3.05, 3.63) is 69.8 Å². The maximum atomic E-state index is 11.7. The highest BCUT2D eigenvalue weighted by Crippen LogP contribution is 2.17. The van der Waals surface area contributed by atoms with Crippen LogP contribution in [0.5, 0.6) is 5.75 Å². The molecule has 0 heterocycles. The molecule has 0 saturated carbocycles. The summed E-state index contributed by atoms with van der Waals surface area (Å²) in [5, 5.41) is 14.4. The molecule has 0 aliphatic carbocycles. The largest absolute Gasteiger partial charge is 0.484 e. The molecule has 0 aliphatic rings. The first-order chi connectivity index (χ1) is 12.0. The van der Waals surface area contributed by atoms with Crippen LogP contribution in [-0.4, -0.2) is 23.7 Å². The third-order valence-electron chi connectivity index (χ3n) is 3.42. The van der Waals surface area contributed by atoms with E-state index in [1.807, 2.05) is 24.3 Å². The lowest BCUT2D eigenvalue weighted by atomic mass is 10.0. The van der Waals surface area contributed by atoms with Crippen molar-refractivity contribution in [1.82, 2.24) is 5.43 Å². The molecule has 0 spiro atoms. The van der Waals surface area contributed by atoms with E-state index in [-0.39, 0.29) is 12.3 Å². The molecular weight excluding hydrogens is 322 g/mol. The van der Waals surface area contributed by atoms with Gasteiger partial charge in [-0.15, -0.1) is 0 Å². The molecule has 2 rings (SSSR count). The SMILES string of the molecule is CC(C)c1ccc(/C=N/NC(=O)COc2ccc([N+](=O)[O-])cc2)cc1. The minimum atomic E-state index is -0.501. The lowest BCUT2D eigenvalue weighted by Gasteiger charge is -2.05. The Hall–Kier alpha value is -3.22. The van der Waals surface area contributed by atoms with Crippen molar-refractivity contribution in [2.75, 3.05) is 6.61 Å². The molecule has 0 fully saturated rings. The number of ether oxygens (including phenoxy) is 1. The first kappa shape index (κ1) is 18.1. The fourth-order valence-electron chi connectivity index (χ4n) is 1.99. The van der Waals surface area contributed by atoms with E-state index >= 15 is 0 Å². The van der Waals surface area contributed by atoms with Crippen molar-refractivity contribution in [2.24, 2.45) is 5.10 Å². The van der Waals surface area contributed by atoms with Crippen LogP contribution in [0.1, 0.15) is 30.9 Å². The predicted octanol–water partition coefficient (Wildman–Crippen LogP) is 3.25. The van der Waals surface area contributed by atoms with Crippen LogP contribution in [-0.2, 0) is 4.79 Å². The smallest absolute Gasteiger partial charge is 0.277 e. The summed E-state index contributed by atoms with van der Waals surface area (Å²) in [7, 11) is 0. The van der Waals surface area contributed by atoms with E-state index in [1.54, 1.807) is 6.21 Å². The minimum absolute atomic E-state index is 0.0371. The Labute approximate surface area is 145 Å². The summed E-state index contributed by atoms with van der Waals surface area (Å²) in [6.45, 7) is 4.00. The minimum Gasteiger partial charge on any atom is -0.484 e. The molecular formula is C18H19N3O4. The third-order valence-corrected chi connectivity index (χ3v) is 3.42. The molecule has 0 unspecified atom stereocenters. The van der Waals surface area contributed by atoms with E-state index in [1.165, 1.54) is 29.8 Å². The molecule has 0 aromatic heterocycles. The zero-order chi connectivity index (χ0) is 18.2. The van der Waals surface area contributed by atoms with Gasteiger partial charge in [-0.05, 0) is 29.2 Å². The number of carbonyl (C=O) groups is 1. The number of hydrogen-bond acceptors (Lipinski definition) is 5. The van der Waals surface area contributed by atoms with Gasteiger partial charge in [-0.2, -0.15) is 5.10 Å². The Morgan fingerprint density at radius 3 is 2.40 bits per heavy atom. The molecule has 7 nitrogen and oxygen atoms in total. The first-order valence-electron chi connectivity index (χ1n) is 7.75. The maximum Gasteiger partial charge on any atom is 0.277 e. The van der Waals surface area contributed by atoms with Gasteiger partial charge in [0.1, 0.15) is 5.75 Å². The summed E-state index contributed by atoms with van der Waals surface area (Å²) in [4.78, 5) is 21.7. The molecule has 130 valence electrons. The monoisotopic (exact) mass is 341 g/mol. The zero-order valence-electron chi connectivity index (χ0n) is 14.0.